The van der Waals surface area contributed by atoms with Crippen LogP contribution in [-0.2, 0) is 11.2 Å². The second-order valence-corrected chi connectivity index (χ2v) is 7.22. The number of benzene rings is 2. The lowest BCUT2D eigenvalue weighted by Crippen LogP contribution is -2.41. The van der Waals surface area contributed by atoms with E-state index in [2.05, 4.69) is 5.32 Å². The molecule has 4 nitrogen and oxygen atoms in total. The molecule has 0 bridgehead atoms. The minimum absolute atomic E-state index is 0. The molecule has 0 radical (unpaired) electrons. The third kappa shape index (κ3) is 4.80. The van der Waals surface area contributed by atoms with Crippen molar-refractivity contribution >= 4 is 35.6 Å². The second-order valence-electron chi connectivity index (χ2n) is 6.79. The van der Waals surface area contributed by atoms with E-state index in [1.165, 1.54) is 0 Å². The summed E-state index contributed by atoms with van der Waals surface area (Å²) in [6.07, 6.45) is 1.00. The molecule has 25 heavy (non-hydrogen) atoms. The van der Waals surface area contributed by atoms with Crippen molar-refractivity contribution in [2.75, 3.05) is 5.73 Å². The van der Waals surface area contributed by atoms with Crippen LogP contribution in [0.25, 0.3) is 0 Å². The molecule has 134 valence electrons. The Morgan fingerprint density at radius 1 is 1.28 bits per heavy atom. The Bertz CT molecular complexity index is 761. The normalized spacial score (nSPS) is 17.6. The second kappa shape index (κ2) is 7.54. The fourth-order valence-electron chi connectivity index (χ4n) is 3.03. The average molecular weight is 381 g/mol. The Morgan fingerprint density at radius 2 is 1.96 bits per heavy atom. The van der Waals surface area contributed by atoms with Crippen LogP contribution in [0.15, 0.2) is 42.5 Å². The van der Waals surface area contributed by atoms with Gasteiger partial charge in [0.05, 0.1) is 12.5 Å². The first-order valence-corrected chi connectivity index (χ1v) is 8.32. The summed E-state index contributed by atoms with van der Waals surface area (Å²) < 4.78 is 6.00. The summed E-state index contributed by atoms with van der Waals surface area (Å²) in [6.45, 7) is 4.04. The van der Waals surface area contributed by atoms with Crippen molar-refractivity contribution in [2.45, 2.75) is 38.3 Å². The molecule has 1 atom stereocenters. The van der Waals surface area contributed by atoms with Crippen molar-refractivity contribution in [1.29, 1.82) is 0 Å². The number of rotatable bonds is 3. The smallest absolute Gasteiger partial charge is 0.224 e. The molecule has 1 aliphatic rings. The molecule has 0 saturated heterocycles. The Balaban J connectivity index is 0.00000225. The summed E-state index contributed by atoms with van der Waals surface area (Å²) in [5.41, 5.74) is 8.07. The third-order valence-corrected chi connectivity index (χ3v) is 4.36. The fourth-order valence-corrected chi connectivity index (χ4v) is 3.16. The van der Waals surface area contributed by atoms with Crippen molar-refractivity contribution in [2.24, 2.45) is 0 Å². The van der Waals surface area contributed by atoms with Crippen LogP contribution < -0.4 is 15.8 Å². The molecular formula is C19H22Cl2N2O2. The maximum atomic E-state index is 12.5. The fraction of sp³-hybridized carbons (Fsp3) is 0.316. The number of halogens is 2. The zero-order valence-electron chi connectivity index (χ0n) is 14.2. The number of amides is 1. The van der Waals surface area contributed by atoms with Crippen LogP contribution in [0.1, 0.15) is 37.4 Å². The third-order valence-electron chi connectivity index (χ3n) is 4.10. The highest BCUT2D eigenvalue weighted by Gasteiger charge is 2.34. The molecule has 3 N–H and O–H groups in total. The largest absolute Gasteiger partial charge is 0.487 e. The molecule has 1 heterocycles. The first-order chi connectivity index (χ1) is 11.3. The van der Waals surface area contributed by atoms with E-state index in [1.54, 1.807) is 12.1 Å². The van der Waals surface area contributed by atoms with Gasteiger partial charge in [-0.15, -0.1) is 12.4 Å². The molecule has 1 unspecified atom stereocenters. The molecule has 3 rings (SSSR count). The number of carbonyl (C=O) groups is 1. The lowest BCUT2D eigenvalue weighted by molar-refractivity contribution is -0.121. The highest BCUT2D eigenvalue weighted by molar-refractivity contribution is 6.30. The van der Waals surface area contributed by atoms with Crippen LogP contribution >= 0.6 is 24.0 Å². The van der Waals surface area contributed by atoms with E-state index in [-0.39, 0.29) is 30.0 Å². The van der Waals surface area contributed by atoms with Crippen molar-refractivity contribution < 1.29 is 9.53 Å². The van der Waals surface area contributed by atoms with Gasteiger partial charge in [-0.25, -0.2) is 0 Å². The van der Waals surface area contributed by atoms with E-state index in [4.69, 9.17) is 22.1 Å². The van der Waals surface area contributed by atoms with Crippen LogP contribution in [-0.4, -0.2) is 11.5 Å². The zero-order chi connectivity index (χ0) is 17.3. The van der Waals surface area contributed by atoms with Gasteiger partial charge in [-0.3, -0.25) is 4.79 Å². The number of hydrogen-bond donors (Lipinski definition) is 2. The van der Waals surface area contributed by atoms with Crippen molar-refractivity contribution in [3.05, 3.63) is 58.6 Å². The Hall–Kier alpha value is -1.91. The maximum absolute atomic E-state index is 12.5. The van der Waals surface area contributed by atoms with Gasteiger partial charge in [0.25, 0.3) is 0 Å². The zero-order valence-corrected chi connectivity index (χ0v) is 15.8. The van der Waals surface area contributed by atoms with Crippen LogP contribution in [0.5, 0.6) is 5.75 Å². The van der Waals surface area contributed by atoms with Gasteiger partial charge in [-0.1, -0.05) is 23.7 Å². The first kappa shape index (κ1) is 19.4. The van der Waals surface area contributed by atoms with E-state index < -0.39 is 0 Å². The van der Waals surface area contributed by atoms with Gasteiger partial charge in [-0.05, 0) is 49.7 Å². The molecule has 1 aliphatic heterocycles. The maximum Gasteiger partial charge on any atom is 0.224 e. The molecule has 0 fully saturated rings. The summed E-state index contributed by atoms with van der Waals surface area (Å²) in [7, 11) is 0. The number of nitrogens with two attached hydrogens (primary N) is 1. The SMILES string of the molecule is CC1(C)CC(NC(=O)Cc2ccc(Cl)cc2)c2cc(N)ccc2O1.Cl. The number of fused-ring (bicyclic) bond motifs is 1. The summed E-state index contributed by atoms with van der Waals surface area (Å²) in [5.74, 6) is 0.741. The van der Waals surface area contributed by atoms with E-state index in [0.29, 0.717) is 23.6 Å². The molecule has 0 aromatic heterocycles. The summed E-state index contributed by atoms with van der Waals surface area (Å²) in [5, 5.41) is 3.78. The molecule has 0 saturated carbocycles. The van der Waals surface area contributed by atoms with E-state index in [9.17, 15) is 4.79 Å². The molecule has 0 aliphatic carbocycles. The Kier molecular flexibility index (Phi) is 5.86. The highest BCUT2D eigenvalue weighted by atomic mass is 35.5. The number of hydrogen-bond acceptors (Lipinski definition) is 3. The quantitative estimate of drug-likeness (QED) is 0.779. The number of nitrogens with one attached hydrogen (secondary N) is 1. The predicted octanol–water partition coefficient (Wildman–Crippen LogP) is 4.31. The van der Waals surface area contributed by atoms with Crippen molar-refractivity contribution in [3.8, 4) is 5.75 Å². The number of carbonyl (C=O) groups excluding carboxylic acids is 1. The standard InChI is InChI=1S/C19H21ClN2O2.ClH/c1-19(2)11-16(15-10-14(21)7-8-17(15)24-19)22-18(23)9-12-3-5-13(20)6-4-12;/h3-8,10,16H,9,11,21H2,1-2H3,(H,22,23);1H. The van der Waals surface area contributed by atoms with E-state index in [1.807, 2.05) is 44.2 Å². The van der Waals surface area contributed by atoms with E-state index in [0.717, 1.165) is 16.9 Å². The van der Waals surface area contributed by atoms with Gasteiger partial charge in [0.2, 0.25) is 5.91 Å². The van der Waals surface area contributed by atoms with E-state index >= 15 is 0 Å². The van der Waals surface area contributed by atoms with Gasteiger partial charge in [0, 0.05) is 22.7 Å². The minimum Gasteiger partial charge on any atom is -0.487 e. The predicted molar refractivity (Wildman–Crippen MR) is 103 cm³/mol. The molecule has 0 spiro atoms. The molecule has 2 aromatic carbocycles. The summed E-state index contributed by atoms with van der Waals surface area (Å²) in [4.78, 5) is 12.5. The molecular weight excluding hydrogens is 359 g/mol. The molecule has 6 heteroatoms. The van der Waals surface area contributed by atoms with Gasteiger partial charge in [0.1, 0.15) is 11.4 Å². The highest BCUT2D eigenvalue weighted by Crippen LogP contribution is 2.40. The van der Waals surface area contributed by atoms with Gasteiger partial charge in [0.15, 0.2) is 0 Å². The Morgan fingerprint density at radius 3 is 2.64 bits per heavy atom. The summed E-state index contributed by atoms with van der Waals surface area (Å²) in [6, 6.07) is 12.7. The van der Waals surface area contributed by atoms with Crippen LogP contribution in [0.3, 0.4) is 0 Å². The van der Waals surface area contributed by atoms with Gasteiger partial charge in [-0.2, -0.15) is 0 Å². The van der Waals surface area contributed by atoms with Gasteiger partial charge >= 0.3 is 0 Å². The van der Waals surface area contributed by atoms with Crippen LogP contribution in [0, 0.1) is 0 Å². The number of nitrogen functional groups attached to an aromatic ring is 1. The average Bonchev–Trinajstić information content (AvgIpc) is 2.49. The van der Waals surface area contributed by atoms with Crippen LogP contribution in [0.2, 0.25) is 5.02 Å². The van der Waals surface area contributed by atoms with Crippen molar-refractivity contribution in [1.82, 2.24) is 5.32 Å². The molecule has 1 amide bonds. The first-order valence-electron chi connectivity index (χ1n) is 7.95. The Labute approximate surface area is 159 Å². The lowest BCUT2D eigenvalue weighted by atomic mass is 9.89. The lowest BCUT2D eigenvalue weighted by Gasteiger charge is -2.38. The van der Waals surface area contributed by atoms with Crippen molar-refractivity contribution in [3.63, 3.8) is 0 Å². The van der Waals surface area contributed by atoms with Gasteiger partial charge < -0.3 is 15.8 Å². The summed E-state index contributed by atoms with van der Waals surface area (Å²) >= 11 is 5.88. The minimum atomic E-state index is -0.346. The number of anilines is 1. The van der Waals surface area contributed by atoms with Crippen LogP contribution in [0.4, 0.5) is 5.69 Å². The molecule has 2 aromatic rings. The topological polar surface area (TPSA) is 64.4 Å². The number of ether oxygens (including phenoxy) is 1. The monoisotopic (exact) mass is 380 g/mol.